The van der Waals surface area contributed by atoms with Crippen LogP contribution >= 0.6 is 12.4 Å². The molecular weight excluding hydrogens is 380 g/mol. The van der Waals surface area contributed by atoms with Crippen molar-refractivity contribution in [2.24, 2.45) is 0 Å². The second-order valence-corrected chi connectivity index (χ2v) is 8.00. The average molecular weight is 407 g/mol. The minimum absolute atomic E-state index is 0. The van der Waals surface area contributed by atoms with Crippen LogP contribution in [0.1, 0.15) is 35.7 Å². The van der Waals surface area contributed by atoms with Crippen LogP contribution in [0.2, 0.25) is 0 Å². The average Bonchev–Trinajstić information content (AvgIpc) is 3.03. The largest absolute Gasteiger partial charge is 0.462 e. The molecule has 1 saturated heterocycles. The minimum atomic E-state index is -3.76. The lowest BCUT2D eigenvalue weighted by Crippen LogP contribution is -2.52. The van der Waals surface area contributed by atoms with Gasteiger partial charge in [0.2, 0.25) is 10.0 Å². The number of aryl methyl sites for hydroxylation is 1. The van der Waals surface area contributed by atoms with Gasteiger partial charge in [-0.15, -0.1) is 12.4 Å². The van der Waals surface area contributed by atoms with E-state index in [1.165, 1.54) is 6.07 Å². The molecule has 1 aromatic rings. The maximum Gasteiger partial charge on any atom is 0.338 e. The van der Waals surface area contributed by atoms with Crippen LogP contribution in [-0.4, -0.2) is 53.3 Å². The van der Waals surface area contributed by atoms with Crippen molar-refractivity contribution < 1.29 is 22.7 Å². The van der Waals surface area contributed by atoms with Gasteiger partial charge in [0.05, 0.1) is 29.2 Å². The number of methoxy groups -OCH3 is 1. The smallest absolute Gasteiger partial charge is 0.338 e. The Morgan fingerprint density at radius 1 is 1.38 bits per heavy atom. The fourth-order valence-corrected chi connectivity index (χ4v) is 4.41. The molecule has 1 aliphatic heterocycles. The molecule has 2 N–H and O–H groups in total. The third kappa shape index (κ3) is 5.40. The number of rotatable bonds is 8. The zero-order valence-electron chi connectivity index (χ0n) is 15.3. The molecule has 1 fully saturated rings. The summed E-state index contributed by atoms with van der Waals surface area (Å²) in [6, 6.07) is 4.54. The Morgan fingerprint density at radius 3 is 2.69 bits per heavy atom. The second kappa shape index (κ2) is 9.66. The molecule has 0 saturated carbocycles. The van der Waals surface area contributed by atoms with Gasteiger partial charge in [-0.2, -0.15) is 0 Å². The predicted octanol–water partition coefficient (Wildman–Crippen LogP) is 1.64. The first-order chi connectivity index (χ1) is 11.8. The molecule has 0 aliphatic carbocycles. The molecule has 0 bridgehead atoms. The van der Waals surface area contributed by atoms with Gasteiger partial charge in [0.15, 0.2) is 0 Å². The van der Waals surface area contributed by atoms with E-state index in [2.05, 4.69) is 10.0 Å². The Balaban J connectivity index is 0.00000338. The molecule has 0 radical (unpaired) electrons. The summed E-state index contributed by atoms with van der Waals surface area (Å²) in [5.41, 5.74) is 0.397. The van der Waals surface area contributed by atoms with Crippen molar-refractivity contribution in [3.8, 4) is 0 Å². The number of carbonyl (C=O) groups is 1. The number of benzene rings is 1. The zero-order valence-corrected chi connectivity index (χ0v) is 17.0. The molecule has 1 unspecified atom stereocenters. The van der Waals surface area contributed by atoms with Crippen molar-refractivity contribution in [3.05, 3.63) is 29.3 Å². The molecule has 148 valence electrons. The number of ether oxygens (including phenoxy) is 2. The maximum atomic E-state index is 12.8. The summed E-state index contributed by atoms with van der Waals surface area (Å²) >= 11 is 0. The third-order valence-electron chi connectivity index (χ3n) is 4.34. The van der Waals surface area contributed by atoms with Crippen LogP contribution in [0.25, 0.3) is 0 Å². The van der Waals surface area contributed by atoms with Gasteiger partial charge < -0.3 is 14.8 Å². The molecule has 0 aromatic heterocycles. The number of hydrogen-bond donors (Lipinski definition) is 2. The van der Waals surface area contributed by atoms with Crippen LogP contribution in [0.5, 0.6) is 0 Å². The van der Waals surface area contributed by atoms with E-state index in [4.69, 9.17) is 9.47 Å². The first-order valence-corrected chi connectivity index (χ1v) is 9.83. The van der Waals surface area contributed by atoms with Gasteiger partial charge in [-0.25, -0.2) is 17.9 Å². The van der Waals surface area contributed by atoms with Crippen LogP contribution in [0.15, 0.2) is 23.1 Å². The number of nitrogens with one attached hydrogen (secondary N) is 2. The van der Waals surface area contributed by atoms with Crippen molar-refractivity contribution in [1.82, 2.24) is 10.0 Å². The minimum Gasteiger partial charge on any atom is -0.462 e. The lowest BCUT2D eigenvalue weighted by Gasteiger charge is -2.29. The van der Waals surface area contributed by atoms with E-state index in [-0.39, 0.29) is 36.0 Å². The molecular formula is C17H27ClN2O5S. The van der Waals surface area contributed by atoms with Crippen molar-refractivity contribution in [3.63, 3.8) is 0 Å². The highest BCUT2D eigenvalue weighted by atomic mass is 35.5. The summed E-state index contributed by atoms with van der Waals surface area (Å²) < 4.78 is 38.4. The molecule has 9 heteroatoms. The molecule has 1 aliphatic rings. The summed E-state index contributed by atoms with van der Waals surface area (Å²) in [7, 11) is -2.16. The Morgan fingerprint density at radius 2 is 2.12 bits per heavy atom. The molecule has 26 heavy (non-hydrogen) atoms. The highest BCUT2D eigenvalue weighted by Gasteiger charge is 2.35. The Kier molecular flexibility index (Phi) is 8.49. The first kappa shape index (κ1) is 22.9. The third-order valence-corrected chi connectivity index (χ3v) is 5.89. The number of hydrogen-bond acceptors (Lipinski definition) is 6. The van der Waals surface area contributed by atoms with E-state index in [9.17, 15) is 13.2 Å². The molecule has 0 amide bonds. The second-order valence-electron chi connectivity index (χ2n) is 6.27. The number of esters is 1. The van der Waals surface area contributed by atoms with Gasteiger partial charge in [-0.3, -0.25) is 0 Å². The van der Waals surface area contributed by atoms with E-state index in [0.29, 0.717) is 12.2 Å². The molecule has 1 atom stereocenters. The van der Waals surface area contributed by atoms with Gasteiger partial charge in [-0.05, 0) is 50.9 Å². The molecule has 0 spiro atoms. The Hall–Kier alpha value is -1.19. The van der Waals surface area contributed by atoms with Gasteiger partial charge in [0.25, 0.3) is 0 Å². The Bertz CT molecular complexity index is 718. The van der Waals surface area contributed by atoms with E-state index in [1.807, 2.05) is 0 Å². The van der Waals surface area contributed by atoms with Crippen molar-refractivity contribution >= 4 is 28.4 Å². The van der Waals surface area contributed by atoms with Gasteiger partial charge in [0, 0.05) is 13.7 Å². The quantitative estimate of drug-likeness (QED) is 0.637. The first-order valence-electron chi connectivity index (χ1n) is 8.35. The lowest BCUT2D eigenvalue weighted by atomic mass is 9.99. The summed E-state index contributed by atoms with van der Waals surface area (Å²) in [4.78, 5) is 12.0. The van der Waals surface area contributed by atoms with Crippen LogP contribution in [0.3, 0.4) is 0 Å². The highest BCUT2D eigenvalue weighted by molar-refractivity contribution is 7.89. The van der Waals surface area contributed by atoms with Crippen molar-refractivity contribution in [1.29, 1.82) is 0 Å². The van der Waals surface area contributed by atoms with Crippen LogP contribution in [0, 0.1) is 6.92 Å². The fraction of sp³-hybridized carbons (Fsp3) is 0.588. The topological polar surface area (TPSA) is 93.7 Å². The maximum absolute atomic E-state index is 12.8. The van der Waals surface area contributed by atoms with E-state index < -0.39 is 21.5 Å². The summed E-state index contributed by atoms with van der Waals surface area (Å²) in [6.07, 6.45) is 1.81. The van der Waals surface area contributed by atoms with E-state index in [1.54, 1.807) is 33.1 Å². The van der Waals surface area contributed by atoms with Gasteiger partial charge in [0.1, 0.15) is 0 Å². The van der Waals surface area contributed by atoms with Gasteiger partial charge >= 0.3 is 5.97 Å². The summed E-state index contributed by atoms with van der Waals surface area (Å²) in [5, 5.41) is 3.33. The van der Waals surface area contributed by atoms with Gasteiger partial charge in [-0.1, -0.05) is 6.07 Å². The lowest BCUT2D eigenvalue weighted by molar-refractivity contribution is 0.0526. The number of carbonyl (C=O) groups excluding carboxylic acids is 1. The zero-order chi connectivity index (χ0) is 18.5. The van der Waals surface area contributed by atoms with Crippen molar-refractivity contribution in [2.75, 3.05) is 33.4 Å². The Labute approximate surface area is 161 Å². The summed E-state index contributed by atoms with van der Waals surface area (Å²) in [5.74, 6) is -0.535. The molecule has 1 heterocycles. The SMILES string of the molecule is CCOC(=O)c1ccc(C)c(S(=O)(=O)NCC2(COC)CCCN2)c1.Cl. The van der Waals surface area contributed by atoms with Crippen molar-refractivity contribution in [2.45, 2.75) is 37.1 Å². The van der Waals surface area contributed by atoms with Crippen LogP contribution in [-0.2, 0) is 19.5 Å². The van der Waals surface area contributed by atoms with E-state index in [0.717, 1.165) is 19.4 Å². The van der Waals surface area contributed by atoms with Crippen LogP contribution in [0.4, 0.5) is 0 Å². The highest BCUT2D eigenvalue weighted by Crippen LogP contribution is 2.22. The molecule has 7 nitrogen and oxygen atoms in total. The summed E-state index contributed by atoms with van der Waals surface area (Å²) in [6.45, 7) is 5.13. The predicted molar refractivity (Wildman–Crippen MR) is 101 cm³/mol. The molecule has 1 aromatic carbocycles. The van der Waals surface area contributed by atoms with Crippen LogP contribution < -0.4 is 10.0 Å². The van der Waals surface area contributed by atoms with E-state index >= 15 is 0 Å². The number of halogens is 1. The monoisotopic (exact) mass is 406 g/mol. The fourth-order valence-electron chi connectivity index (χ4n) is 3.01. The normalized spacial score (nSPS) is 19.8. The molecule has 2 rings (SSSR count). The number of sulfonamides is 1. The standard InChI is InChI=1S/C17H26N2O5S.ClH/c1-4-24-16(20)14-7-6-13(2)15(10-14)25(21,22)19-11-17(12-23-3)8-5-9-18-17;/h6-7,10,18-19H,4-5,8-9,11-12H2,1-3H3;1H.